The van der Waals surface area contributed by atoms with Gasteiger partial charge in [0.25, 0.3) is 5.91 Å². The van der Waals surface area contributed by atoms with Crippen LogP contribution in [0, 0.1) is 0 Å². The van der Waals surface area contributed by atoms with Crippen molar-refractivity contribution in [1.29, 1.82) is 0 Å². The normalized spacial score (nSPS) is 10.8. The van der Waals surface area contributed by atoms with Crippen LogP contribution in [-0.2, 0) is 0 Å². The monoisotopic (exact) mass is 417 g/mol. The number of rotatable bonds is 9. The van der Waals surface area contributed by atoms with Crippen molar-refractivity contribution in [2.24, 2.45) is 0 Å². The van der Waals surface area contributed by atoms with E-state index in [9.17, 15) is 4.79 Å². The van der Waals surface area contributed by atoms with Crippen molar-refractivity contribution in [3.63, 3.8) is 0 Å². The molecule has 1 amide bonds. The SMILES string of the molecule is CCCCCCOc1ccc(NC(=O)c2sc3ccc(OC)cc3c2Cl)cc1. The fourth-order valence-corrected chi connectivity index (χ4v) is 4.25. The molecule has 0 saturated heterocycles. The number of amides is 1. The van der Waals surface area contributed by atoms with Crippen LogP contribution in [0.5, 0.6) is 11.5 Å². The Morgan fingerprint density at radius 2 is 1.82 bits per heavy atom. The fraction of sp³-hybridized carbons (Fsp3) is 0.318. The highest BCUT2D eigenvalue weighted by Crippen LogP contribution is 2.37. The van der Waals surface area contributed by atoms with Crippen molar-refractivity contribution in [3.8, 4) is 11.5 Å². The zero-order valence-corrected chi connectivity index (χ0v) is 17.7. The molecule has 0 spiro atoms. The van der Waals surface area contributed by atoms with E-state index in [0.29, 0.717) is 27.9 Å². The van der Waals surface area contributed by atoms with Crippen molar-refractivity contribution < 1.29 is 14.3 Å². The maximum absolute atomic E-state index is 12.7. The van der Waals surface area contributed by atoms with Gasteiger partial charge in [0.05, 0.1) is 18.7 Å². The number of ether oxygens (including phenoxy) is 2. The Hall–Kier alpha value is -2.24. The van der Waals surface area contributed by atoms with E-state index in [-0.39, 0.29) is 5.91 Å². The summed E-state index contributed by atoms with van der Waals surface area (Å²) in [5, 5.41) is 4.17. The van der Waals surface area contributed by atoms with Crippen LogP contribution in [-0.4, -0.2) is 19.6 Å². The number of unbranched alkanes of at least 4 members (excludes halogenated alkanes) is 3. The summed E-state index contributed by atoms with van der Waals surface area (Å²) in [6.07, 6.45) is 4.70. The number of fused-ring (bicyclic) bond motifs is 1. The first-order valence-corrected chi connectivity index (χ1v) is 10.6. The van der Waals surface area contributed by atoms with Gasteiger partial charge in [-0.2, -0.15) is 0 Å². The molecule has 6 heteroatoms. The van der Waals surface area contributed by atoms with Gasteiger partial charge in [-0.3, -0.25) is 4.79 Å². The molecule has 0 unspecified atom stereocenters. The van der Waals surface area contributed by atoms with E-state index in [4.69, 9.17) is 21.1 Å². The molecule has 4 nitrogen and oxygen atoms in total. The number of carbonyl (C=O) groups excluding carboxylic acids is 1. The van der Waals surface area contributed by atoms with Gasteiger partial charge < -0.3 is 14.8 Å². The van der Waals surface area contributed by atoms with Gasteiger partial charge in [0.15, 0.2) is 0 Å². The second kappa shape index (κ2) is 9.80. The van der Waals surface area contributed by atoms with E-state index in [1.165, 1.54) is 30.6 Å². The maximum atomic E-state index is 12.7. The lowest BCUT2D eigenvalue weighted by molar-refractivity contribution is 0.103. The van der Waals surface area contributed by atoms with Crippen LogP contribution in [0.2, 0.25) is 5.02 Å². The largest absolute Gasteiger partial charge is 0.497 e. The first-order valence-electron chi connectivity index (χ1n) is 9.42. The van der Waals surface area contributed by atoms with Crippen molar-refractivity contribution in [1.82, 2.24) is 0 Å². The lowest BCUT2D eigenvalue weighted by Gasteiger charge is -2.08. The summed E-state index contributed by atoms with van der Waals surface area (Å²) < 4.78 is 11.9. The number of hydrogen-bond donors (Lipinski definition) is 1. The number of anilines is 1. The molecule has 0 aliphatic rings. The summed E-state index contributed by atoms with van der Waals surface area (Å²) in [4.78, 5) is 13.2. The summed E-state index contributed by atoms with van der Waals surface area (Å²) in [5.41, 5.74) is 0.703. The number of methoxy groups -OCH3 is 1. The van der Waals surface area contributed by atoms with Crippen LogP contribution < -0.4 is 14.8 Å². The number of benzene rings is 2. The van der Waals surface area contributed by atoms with Gasteiger partial charge in [-0.05, 0) is 48.9 Å². The quantitative estimate of drug-likeness (QED) is 0.390. The molecule has 0 saturated carbocycles. The Morgan fingerprint density at radius 1 is 1.07 bits per heavy atom. The van der Waals surface area contributed by atoms with Crippen LogP contribution in [0.15, 0.2) is 42.5 Å². The molecule has 0 bridgehead atoms. The highest BCUT2D eigenvalue weighted by atomic mass is 35.5. The second-order valence-electron chi connectivity index (χ2n) is 6.49. The van der Waals surface area contributed by atoms with E-state index in [1.807, 2.05) is 42.5 Å². The number of halogens is 1. The summed E-state index contributed by atoms with van der Waals surface area (Å²) in [5.74, 6) is 1.30. The number of nitrogens with one attached hydrogen (secondary N) is 1. The summed E-state index contributed by atoms with van der Waals surface area (Å²) in [7, 11) is 1.60. The minimum Gasteiger partial charge on any atom is -0.497 e. The van der Waals surface area contributed by atoms with E-state index >= 15 is 0 Å². The van der Waals surface area contributed by atoms with Crippen LogP contribution in [0.1, 0.15) is 42.3 Å². The topological polar surface area (TPSA) is 47.6 Å². The van der Waals surface area contributed by atoms with Gasteiger partial charge in [0.1, 0.15) is 16.4 Å². The van der Waals surface area contributed by atoms with E-state index in [0.717, 1.165) is 22.3 Å². The Bertz CT molecular complexity index is 937. The molecule has 1 aromatic heterocycles. The minimum atomic E-state index is -0.224. The second-order valence-corrected chi connectivity index (χ2v) is 7.93. The molecule has 3 rings (SSSR count). The first-order chi connectivity index (χ1) is 13.6. The zero-order chi connectivity index (χ0) is 19.9. The van der Waals surface area contributed by atoms with Crippen molar-refractivity contribution in [2.75, 3.05) is 19.0 Å². The predicted molar refractivity (Wildman–Crippen MR) is 117 cm³/mol. The van der Waals surface area contributed by atoms with Gasteiger partial charge in [-0.15, -0.1) is 11.3 Å². The molecule has 28 heavy (non-hydrogen) atoms. The van der Waals surface area contributed by atoms with E-state index in [2.05, 4.69) is 12.2 Å². The molecular formula is C22H24ClNO3S. The minimum absolute atomic E-state index is 0.224. The average Bonchev–Trinajstić information content (AvgIpc) is 3.05. The molecule has 148 valence electrons. The molecule has 2 aromatic carbocycles. The average molecular weight is 418 g/mol. The van der Waals surface area contributed by atoms with Crippen LogP contribution in [0.4, 0.5) is 5.69 Å². The first kappa shape index (κ1) is 20.5. The predicted octanol–water partition coefficient (Wildman–Crippen LogP) is 6.77. The molecule has 0 radical (unpaired) electrons. The number of carbonyl (C=O) groups is 1. The third-order valence-electron chi connectivity index (χ3n) is 4.42. The van der Waals surface area contributed by atoms with Gasteiger partial charge in [-0.25, -0.2) is 0 Å². The summed E-state index contributed by atoms with van der Waals surface area (Å²) >= 11 is 7.81. The number of thiophene rings is 1. The Morgan fingerprint density at radius 3 is 2.54 bits per heavy atom. The highest BCUT2D eigenvalue weighted by molar-refractivity contribution is 7.21. The lowest BCUT2D eigenvalue weighted by atomic mass is 10.2. The molecule has 0 aliphatic heterocycles. The molecule has 0 fully saturated rings. The molecule has 1 N–H and O–H groups in total. The third kappa shape index (κ3) is 4.97. The van der Waals surface area contributed by atoms with Crippen LogP contribution >= 0.6 is 22.9 Å². The van der Waals surface area contributed by atoms with Gasteiger partial charge >= 0.3 is 0 Å². The summed E-state index contributed by atoms with van der Waals surface area (Å²) in [6.45, 7) is 2.91. The highest BCUT2D eigenvalue weighted by Gasteiger charge is 2.18. The van der Waals surface area contributed by atoms with Crippen molar-refractivity contribution in [3.05, 3.63) is 52.4 Å². The zero-order valence-electron chi connectivity index (χ0n) is 16.1. The fourth-order valence-electron chi connectivity index (χ4n) is 2.86. The number of hydrogen-bond acceptors (Lipinski definition) is 4. The molecule has 1 heterocycles. The van der Waals surface area contributed by atoms with Gasteiger partial charge in [0.2, 0.25) is 0 Å². The van der Waals surface area contributed by atoms with E-state index in [1.54, 1.807) is 7.11 Å². The Labute approximate surface area is 174 Å². The standard InChI is InChI=1S/C22H24ClNO3S/c1-3-4-5-6-13-27-16-9-7-15(8-10-16)24-22(25)21-20(23)18-14-17(26-2)11-12-19(18)28-21/h7-12,14H,3-6,13H2,1-2H3,(H,24,25). The van der Waals surface area contributed by atoms with E-state index < -0.39 is 0 Å². The smallest absolute Gasteiger partial charge is 0.267 e. The van der Waals surface area contributed by atoms with Gasteiger partial charge in [-0.1, -0.05) is 37.8 Å². The molecular weight excluding hydrogens is 394 g/mol. The molecule has 3 aromatic rings. The maximum Gasteiger partial charge on any atom is 0.267 e. The van der Waals surface area contributed by atoms with Crippen molar-refractivity contribution in [2.45, 2.75) is 32.6 Å². The van der Waals surface area contributed by atoms with Crippen LogP contribution in [0.3, 0.4) is 0 Å². The van der Waals surface area contributed by atoms with Crippen molar-refractivity contribution >= 4 is 44.6 Å². The lowest BCUT2D eigenvalue weighted by Crippen LogP contribution is -2.10. The van der Waals surface area contributed by atoms with Gasteiger partial charge in [0, 0.05) is 15.8 Å². The Kier molecular flexibility index (Phi) is 7.18. The molecule has 0 aliphatic carbocycles. The third-order valence-corrected chi connectivity index (χ3v) is 6.09. The molecule has 0 atom stereocenters. The summed E-state index contributed by atoms with van der Waals surface area (Å²) in [6, 6.07) is 13.0. The Balaban J connectivity index is 1.63. The van der Waals surface area contributed by atoms with Crippen LogP contribution in [0.25, 0.3) is 10.1 Å².